The van der Waals surface area contributed by atoms with Gasteiger partial charge in [-0.1, -0.05) is 44.2 Å². The molecule has 0 spiro atoms. The second kappa shape index (κ2) is 7.31. The predicted octanol–water partition coefficient (Wildman–Crippen LogP) is 3.10. The number of aromatic amines is 1. The Morgan fingerprint density at radius 2 is 1.96 bits per heavy atom. The van der Waals surface area contributed by atoms with E-state index in [0.29, 0.717) is 13.1 Å². The van der Waals surface area contributed by atoms with Gasteiger partial charge in [0.15, 0.2) is 0 Å². The lowest BCUT2D eigenvalue weighted by molar-refractivity contribution is -0.0955. The molecule has 1 fully saturated rings. The third-order valence-electron chi connectivity index (χ3n) is 5.65. The predicted molar refractivity (Wildman–Crippen MR) is 104 cm³/mol. The van der Waals surface area contributed by atoms with E-state index in [2.05, 4.69) is 18.8 Å². The fourth-order valence-electron chi connectivity index (χ4n) is 4.02. The SMILES string of the molecule is CC(C)[C@H]1CN(C(=O)c2cc3c([nH]c2=O)CCC3)C[C@@H](c2ccccc2)O1. The van der Waals surface area contributed by atoms with E-state index in [1.165, 1.54) is 0 Å². The smallest absolute Gasteiger partial charge is 0.261 e. The molecule has 0 bridgehead atoms. The molecule has 4 rings (SSSR count). The monoisotopic (exact) mass is 366 g/mol. The van der Waals surface area contributed by atoms with E-state index in [1.807, 2.05) is 30.3 Å². The molecule has 0 saturated carbocycles. The van der Waals surface area contributed by atoms with Crippen LogP contribution in [0.2, 0.25) is 0 Å². The van der Waals surface area contributed by atoms with Crippen molar-refractivity contribution in [2.24, 2.45) is 5.92 Å². The quantitative estimate of drug-likeness (QED) is 0.908. The van der Waals surface area contributed by atoms with Crippen molar-refractivity contribution < 1.29 is 9.53 Å². The van der Waals surface area contributed by atoms with Gasteiger partial charge in [0.05, 0.1) is 12.6 Å². The molecule has 2 heterocycles. The topological polar surface area (TPSA) is 62.4 Å². The highest BCUT2D eigenvalue weighted by Gasteiger charge is 2.34. The standard InChI is InChI=1S/C22H26N2O3/c1-14(2)19-12-24(13-20(27-19)15-7-4-3-5-8-15)22(26)17-11-16-9-6-10-18(16)23-21(17)25/h3-5,7-8,11,14,19-20H,6,9-10,12-13H2,1-2H3,(H,23,25)/t19-,20+/m1/s1. The summed E-state index contributed by atoms with van der Waals surface area (Å²) >= 11 is 0. The summed E-state index contributed by atoms with van der Waals surface area (Å²) in [5.74, 6) is 0.0888. The number of rotatable bonds is 3. The zero-order valence-corrected chi connectivity index (χ0v) is 15.9. The van der Waals surface area contributed by atoms with Gasteiger partial charge in [-0.25, -0.2) is 0 Å². The molecule has 5 heteroatoms. The molecular weight excluding hydrogens is 340 g/mol. The number of H-pyrrole nitrogens is 1. The van der Waals surface area contributed by atoms with Crippen molar-refractivity contribution in [3.63, 3.8) is 0 Å². The summed E-state index contributed by atoms with van der Waals surface area (Å²) in [4.78, 5) is 30.4. The van der Waals surface area contributed by atoms with E-state index >= 15 is 0 Å². The van der Waals surface area contributed by atoms with Crippen molar-refractivity contribution in [2.45, 2.75) is 45.3 Å². The molecule has 5 nitrogen and oxygen atoms in total. The van der Waals surface area contributed by atoms with Gasteiger partial charge in [-0.05, 0) is 42.4 Å². The summed E-state index contributed by atoms with van der Waals surface area (Å²) in [7, 11) is 0. The summed E-state index contributed by atoms with van der Waals surface area (Å²) in [6.07, 6.45) is 2.62. The number of nitrogens with zero attached hydrogens (tertiary/aromatic N) is 1. The van der Waals surface area contributed by atoms with Crippen molar-refractivity contribution in [2.75, 3.05) is 13.1 Å². The normalized spacial score (nSPS) is 22.1. The minimum Gasteiger partial charge on any atom is -0.366 e. The first-order valence-corrected chi connectivity index (χ1v) is 9.77. The van der Waals surface area contributed by atoms with Crippen LogP contribution in [0.25, 0.3) is 0 Å². The van der Waals surface area contributed by atoms with Crippen LogP contribution in [-0.4, -0.2) is 35.0 Å². The lowest BCUT2D eigenvalue weighted by Crippen LogP contribution is -2.49. The summed E-state index contributed by atoms with van der Waals surface area (Å²) in [6.45, 7) is 5.17. The second-order valence-corrected chi connectivity index (χ2v) is 7.90. The molecule has 0 unspecified atom stereocenters. The first-order chi connectivity index (χ1) is 13.0. The molecule has 142 valence electrons. The van der Waals surface area contributed by atoms with Gasteiger partial charge in [0.1, 0.15) is 11.7 Å². The minimum absolute atomic E-state index is 0.0542. The summed E-state index contributed by atoms with van der Waals surface area (Å²) in [6, 6.07) is 11.8. The minimum atomic E-state index is -0.274. The van der Waals surface area contributed by atoms with Crippen LogP contribution in [0.5, 0.6) is 0 Å². The molecular formula is C22H26N2O3. The number of benzene rings is 1. The molecule has 1 amide bonds. The number of nitrogens with one attached hydrogen (secondary N) is 1. The first kappa shape index (κ1) is 18.0. The van der Waals surface area contributed by atoms with E-state index in [-0.39, 0.29) is 35.2 Å². The third kappa shape index (κ3) is 3.56. The van der Waals surface area contributed by atoms with Crippen LogP contribution in [0.1, 0.15) is 53.6 Å². The zero-order chi connectivity index (χ0) is 19.0. The average molecular weight is 366 g/mol. The fraction of sp³-hybridized carbons (Fsp3) is 0.455. The zero-order valence-electron chi connectivity index (χ0n) is 15.9. The number of fused-ring (bicyclic) bond motifs is 1. The van der Waals surface area contributed by atoms with Crippen LogP contribution in [0, 0.1) is 5.92 Å². The molecule has 27 heavy (non-hydrogen) atoms. The number of pyridine rings is 1. The first-order valence-electron chi connectivity index (χ1n) is 9.77. The number of aromatic nitrogens is 1. The van der Waals surface area contributed by atoms with Crippen LogP contribution < -0.4 is 5.56 Å². The molecule has 1 aliphatic carbocycles. The Bertz CT molecular complexity index is 888. The fourth-order valence-corrected chi connectivity index (χ4v) is 4.02. The van der Waals surface area contributed by atoms with Crippen molar-refractivity contribution in [3.05, 3.63) is 69.1 Å². The van der Waals surface area contributed by atoms with Gasteiger partial charge in [0.2, 0.25) is 0 Å². The Kier molecular flexibility index (Phi) is 4.87. The Labute approximate surface area is 159 Å². The highest BCUT2D eigenvalue weighted by atomic mass is 16.5. The Morgan fingerprint density at radius 3 is 2.70 bits per heavy atom. The van der Waals surface area contributed by atoms with E-state index < -0.39 is 0 Å². The Hall–Kier alpha value is -2.40. The van der Waals surface area contributed by atoms with Gasteiger partial charge in [-0.2, -0.15) is 0 Å². The molecule has 1 saturated heterocycles. The lowest BCUT2D eigenvalue weighted by Gasteiger charge is -2.40. The van der Waals surface area contributed by atoms with E-state index in [1.54, 1.807) is 11.0 Å². The molecule has 1 aliphatic heterocycles. The Morgan fingerprint density at radius 1 is 1.19 bits per heavy atom. The van der Waals surface area contributed by atoms with E-state index in [4.69, 9.17) is 4.74 Å². The number of carbonyl (C=O) groups is 1. The maximum absolute atomic E-state index is 13.2. The Balaban J connectivity index is 1.63. The number of aryl methyl sites for hydroxylation is 2. The van der Waals surface area contributed by atoms with Crippen LogP contribution in [0.3, 0.4) is 0 Å². The van der Waals surface area contributed by atoms with E-state index in [0.717, 1.165) is 36.1 Å². The second-order valence-electron chi connectivity index (χ2n) is 7.90. The lowest BCUT2D eigenvalue weighted by atomic mass is 10.0. The van der Waals surface area contributed by atoms with Gasteiger partial charge in [-0.3, -0.25) is 9.59 Å². The van der Waals surface area contributed by atoms with Gasteiger partial charge in [-0.15, -0.1) is 0 Å². The van der Waals surface area contributed by atoms with Crippen molar-refractivity contribution in [1.82, 2.24) is 9.88 Å². The number of hydrogen-bond acceptors (Lipinski definition) is 3. The molecule has 2 atom stereocenters. The largest absolute Gasteiger partial charge is 0.366 e. The van der Waals surface area contributed by atoms with Gasteiger partial charge >= 0.3 is 0 Å². The number of amides is 1. The van der Waals surface area contributed by atoms with Crippen molar-refractivity contribution in [1.29, 1.82) is 0 Å². The van der Waals surface area contributed by atoms with E-state index in [9.17, 15) is 9.59 Å². The van der Waals surface area contributed by atoms with Crippen molar-refractivity contribution >= 4 is 5.91 Å². The number of hydrogen-bond donors (Lipinski definition) is 1. The number of carbonyl (C=O) groups excluding carboxylic acids is 1. The van der Waals surface area contributed by atoms with Crippen molar-refractivity contribution in [3.8, 4) is 0 Å². The van der Waals surface area contributed by atoms with Gasteiger partial charge < -0.3 is 14.6 Å². The third-order valence-corrected chi connectivity index (χ3v) is 5.65. The molecule has 2 aliphatic rings. The molecule has 0 radical (unpaired) electrons. The average Bonchev–Trinajstić information content (AvgIpc) is 3.14. The molecule has 2 aromatic rings. The number of ether oxygens (including phenoxy) is 1. The van der Waals surface area contributed by atoms with Gasteiger partial charge in [0, 0.05) is 12.2 Å². The summed E-state index contributed by atoms with van der Waals surface area (Å²) in [5, 5.41) is 0. The summed E-state index contributed by atoms with van der Waals surface area (Å²) < 4.78 is 6.27. The van der Waals surface area contributed by atoms with Crippen LogP contribution >= 0.6 is 0 Å². The van der Waals surface area contributed by atoms with Crippen LogP contribution in [0.15, 0.2) is 41.2 Å². The highest BCUT2D eigenvalue weighted by molar-refractivity contribution is 5.94. The maximum Gasteiger partial charge on any atom is 0.261 e. The number of morpholine rings is 1. The highest BCUT2D eigenvalue weighted by Crippen LogP contribution is 2.29. The summed E-state index contributed by atoms with van der Waals surface area (Å²) in [5.41, 5.74) is 3.13. The molecule has 1 aromatic carbocycles. The molecule has 1 aromatic heterocycles. The van der Waals surface area contributed by atoms with Crippen LogP contribution in [0.4, 0.5) is 0 Å². The molecule has 1 N–H and O–H groups in total. The maximum atomic E-state index is 13.2. The van der Waals surface area contributed by atoms with Gasteiger partial charge in [0.25, 0.3) is 11.5 Å². The van der Waals surface area contributed by atoms with Crippen LogP contribution in [-0.2, 0) is 17.6 Å².